The molecule has 0 radical (unpaired) electrons. The number of nitrogens with zero attached hydrogens (tertiary/aromatic N) is 2. The fourth-order valence-electron chi connectivity index (χ4n) is 2.01. The maximum Gasteiger partial charge on any atom is 0.414 e. The van der Waals surface area contributed by atoms with E-state index < -0.39 is 0 Å². The number of aliphatic imine (C=N–C) groups is 1. The highest BCUT2D eigenvalue weighted by Gasteiger charge is 2.31. The summed E-state index contributed by atoms with van der Waals surface area (Å²) in [5.41, 5.74) is 7.01. The molecule has 1 atom stereocenters. The summed E-state index contributed by atoms with van der Waals surface area (Å²) in [5, 5.41) is 0. The first kappa shape index (κ1) is 11.0. The third-order valence-electron chi connectivity index (χ3n) is 2.94. The van der Waals surface area contributed by atoms with Crippen molar-refractivity contribution in [2.45, 2.75) is 6.10 Å². The number of rotatable bonds is 2. The molecule has 18 heavy (non-hydrogen) atoms. The quantitative estimate of drug-likeness (QED) is 0.847. The van der Waals surface area contributed by atoms with E-state index >= 15 is 0 Å². The average Bonchev–Trinajstić information content (AvgIpc) is 2.79. The lowest BCUT2D eigenvalue weighted by Gasteiger charge is -2.17. The van der Waals surface area contributed by atoms with Gasteiger partial charge in [0.15, 0.2) is 0 Å². The number of nitrogens with two attached hydrogens (primary N) is 1. The van der Waals surface area contributed by atoms with Crippen LogP contribution in [-0.2, 0) is 4.74 Å². The van der Waals surface area contributed by atoms with Crippen LogP contribution in [0, 0.1) is 0 Å². The topological polar surface area (TPSA) is 77.1 Å². The van der Waals surface area contributed by atoms with Crippen LogP contribution in [0.2, 0.25) is 0 Å². The largest absolute Gasteiger partial charge is 0.486 e. The van der Waals surface area contributed by atoms with Crippen molar-refractivity contribution in [3.63, 3.8) is 0 Å². The summed E-state index contributed by atoms with van der Waals surface area (Å²) in [6.45, 7) is 1.25. The SMILES string of the molecule is NCC1CN(c2ccc3c(c2)OCC=N3)C(=O)O1. The molecule has 1 aromatic carbocycles. The number of carbonyl (C=O) groups excluding carboxylic acids is 1. The molecule has 0 bridgehead atoms. The Bertz CT molecular complexity index is 515. The van der Waals surface area contributed by atoms with Crippen LogP contribution >= 0.6 is 0 Å². The highest BCUT2D eigenvalue weighted by molar-refractivity contribution is 5.90. The summed E-state index contributed by atoms with van der Waals surface area (Å²) >= 11 is 0. The molecule has 94 valence electrons. The van der Waals surface area contributed by atoms with E-state index in [1.54, 1.807) is 17.2 Å². The third kappa shape index (κ3) is 1.80. The smallest absolute Gasteiger partial charge is 0.414 e. The van der Waals surface area contributed by atoms with Crippen LogP contribution in [0.5, 0.6) is 5.75 Å². The van der Waals surface area contributed by atoms with Crippen LogP contribution in [0.4, 0.5) is 16.2 Å². The van der Waals surface area contributed by atoms with Crippen molar-refractivity contribution in [2.75, 3.05) is 24.6 Å². The molecule has 2 aliphatic heterocycles. The van der Waals surface area contributed by atoms with Crippen molar-refractivity contribution >= 4 is 23.7 Å². The molecular formula is C12H13N3O3. The number of fused-ring (bicyclic) bond motifs is 1. The van der Waals surface area contributed by atoms with Crippen molar-refractivity contribution in [2.24, 2.45) is 10.7 Å². The van der Waals surface area contributed by atoms with Crippen molar-refractivity contribution < 1.29 is 14.3 Å². The Morgan fingerprint density at radius 2 is 2.39 bits per heavy atom. The molecule has 1 unspecified atom stereocenters. The highest BCUT2D eigenvalue weighted by atomic mass is 16.6. The predicted octanol–water partition coefficient (Wildman–Crippen LogP) is 1.07. The minimum Gasteiger partial charge on any atom is -0.486 e. The van der Waals surface area contributed by atoms with Gasteiger partial charge in [-0.15, -0.1) is 0 Å². The highest BCUT2D eigenvalue weighted by Crippen LogP contribution is 2.34. The van der Waals surface area contributed by atoms with Gasteiger partial charge in [0.2, 0.25) is 0 Å². The predicted molar refractivity (Wildman–Crippen MR) is 66.8 cm³/mol. The number of benzene rings is 1. The summed E-state index contributed by atoms with van der Waals surface area (Å²) < 4.78 is 10.6. The van der Waals surface area contributed by atoms with Gasteiger partial charge < -0.3 is 15.2 Å². The first-order chi connectivity index (χ1) is 8.78. The number of amides is 1. The zero-order valence-electron chi connectivity index (χ0n) is 9.70. The van der Waals surface area contributed by atoms with Crippen molar-refractivity contribution in [1.29, 1.82) is 0 Å². The van der Waals surface area contributed by atoms with Gasteiger partial charge in [-0.25, -0.2) is 4.79 Å². The van der Waals surface area contributed by atoms with Crippen LogP contribution < -0.4 is 15.4 Å². The molecule has 0 aliphatic carbocycles. The Morgan fingerprint density at radius 1 is 1.50 bits per heavy atom. The standard InChI is InChI=1S/C12H13N3O3/c13-6-9-7-15(12(16)18-9)8-1-2-10-11(5-8)17-4-3-14-10/h1-3,5,9H,4,6-7,13H2. The summed E-state index contributed by atoms with van der Waals surface area (Å²) in [7, 11) is 0. The van der Waals surface area contributed by atoms with Crippen LogP contribution in [0.25, 0.3) is 0 Å². The van der Waals surface area contributed by atoms with E-state index in [-0.39, 0.29) is 12.2 Å². The van der Waals surface area contributed by atoms with Gasteiger partial charge in [-0.3, -0.25) is 9.89 Å². The summed E-state index contributed by atoms with van der Waals surface area (Å²) in [6, 6.07) is 5.44. The van der Waals surface area contributed by atoms with E-state index in [4.69, 9.17) is 15.2 Å². The Kier molecular flexibility index (Phi) is 2.64. The van der Waals surface area contributed by atoms with Crippen LogP contribution in [0.3, 0.4) is 0 Å². The molecule has 2 heterocycles. The zero-order chi connectivity index (χ0) is 12.5. The fourth-order valence-corrected chi connectivity index (χ4v) is 2.01. The van der Waals surface area contributed by atoms with Crippen LogP contribution in [-0.4, -0.2) is 38.1 Å². The lowest BCUT2D eigenvalue weighted by atomic mass is 10.2. The van der Waals surface area contributed by atoms with Crippen molar-refractivity contribution in [3.8, 4) is 5.75 Å². The number of carbonyl (C=O) groups is 1. The van der Waals surface area contributed by atoms with Crippen LogP contribution in [0.1, 0.15) is 0 Å². The van der Waals surface area contributed by atoms with Gasteiger partial charge in [0.1, 0.15) is 24.1 Å². The normalized spacial score (nSPS) is 21.5. The monoisotopic (exact) mass is 247 g/mol. The molecule has 2 aliphatic rings. The molecule has 6 heteroatoms. The van der Waals surface area contributed by atoms with E-state index in [0.29, 0.717) is 25.4 Å². The first-order valence-corrected chi connectivity index (χ1v) is 5.75. The van der Waals surface area contributed by atoms with Gasteiger partial charge in [-0.05, 0) is 12.1 Å². The molecule has 3 rings (SSSR count). The number of hydrogen-bond acceptors (Lipinski definition) is 5. The minimum absolute atomic E-state index is 0.243. The lowest BCUT2D eigenvalue weighted by molar-refractivity contribution is 0.145. The summed E-state index contributed by atoms with van der Waals surface area (Å²) in [4.78, 5) is 17.5. The Balaban J connectivity index is 1.89. The molecule has 1 saturated heterocycles. The van der Waals surface area contributed by atoms with Crippen molar-refractivity contribution in [3.05, 3.63) is 18.2 Å². The van der Waals surface area contributed by atoms with E-state index in [0.717, 1.165) is 11.4 Å². The van der Waals surface area contributed by atoms with E-state index in [1.165, 1.54) is 0 Å². The minimum atomic E-state index is -0.371. The molecule has 1 fully saturated rings. The molecule has 6 nitrogen and oxygen atoms in total. The average molecular weight is 247 g/mol. The number of hydrogen-bond donors (Lipinski definition) is 1. The molecular weight excluding hydrogens is 234 g/mol. The van der Waals surface area contributed by atoms with Crippen LogP contribution in [0.15, 0.2) is 23.2 Å². The Hall–Kier alpha value is -2.08. The van der Waals surface area contributed by atoms with E-state index in [2.05, 4.69) is 4.99 Å². The second-order valence-electron chi connectivity index (χ2n) is 4.13. The number of cyclic esters (lactones) is 1. The maximum atomic E-state index is 11.7. The maximum absolute atomic E-state index is 11.7. The molecule has 1 aromatic rings. The van der Waals surface area contributed by atoms with Gasteiger partial charge in [-0.1, -0.05) is 0 Å². The Labute approximate surface area is 104 Å². The molecule has 0 aromatic heterocycles. The van der Waals surface area contributed by atoms with Crippen molar-refractivity contribution in [1.82, 2.24) is 0 Å². The van der Waals surface area contributed by atoms with E-state index in [1.807, 2.05) is 12.1 Å². The van der Waals surface area contributed by atoms with E-state index in [9.17, 15) is 4.79 Å². The van der Waals surface area contributed by atoms with Gasteiger partial charge in [0, 0.05) is 18.8 Å². The second-order valence-corrected chi connectivity index (χ2v) is 4.13. The third-order valence-corrected chi connectivity index (χ3v) is 2.94. The summed E-state index contributed by atoms with van der Waals surface area (Å²) in [6.07, 6.45) is 1.09. The van der Waals surface area contributed by atoms with Gasteiger partial charge in [0.25, 0.3) is 0 Å². The number of anilines is 1. The second kappa shape index (κ2) is 4.30. The molecule has 2 N–H and O–H groups in total. The fraction of sp³-hybridized carbons (Fsp3) is 0.333. The summed E-state index contributed by atoms with van der Waals surface area (Å²) in [5.74, 6) is 0.680. The molecule has 0 spiro atoms. The lowest BCUT2D eigenvalue weighted by Crippen LogP contribution is -2.27. The zero-order valence-corrected chi connectivity index (χ0v) is 9.70. The van der Waals surface area contributed by atoms with Gasteiger partial charge >= 0.3 is 6.09 Å². The Morgan fingerprint density at radius 3 is 3.17 bits per heavy atom. The van der Waals surface area contributed by atoms with Gasteiger partial charge in [0.05, 0.1) is 12.2 Å². The van der Waals surface area contributed by atoms with Gasteiger partial charge in [-0.2, -0.15) is 0 Å². The first-order valence-electron chi connectivity index (χ1n) is 5.75. The molecule has 0 saturated carbocycles. The number of ether oxygens (including phenoxy) is 2. The molecule has 1 amide bonds.